The standard InChI is InChI=1S/C12H16FN3O3/c13-9-7-14-12(15-8-9)16-4-1-10(2-5-16)19-6-3-11(17)18/h7-8,10H,1-6H2,(H,17,18). The highest BCUT2D eigenvalue weighted by Crippen LogP contribution is 2.17. The van der Waals surface area contributed by atoms with Crippen molar-refractivity contribution in [2.75, 3.05) is 24.6 Å². The lowest BCUT2D eigenvalue weighted by molar-refractivity contribution is -0.138. The summed E-state index contributed by atoms with van der Waals surface area (Å²) < 4.78 is 18.2. The van der Waals surface area contributed by atoms with Crippen LogP contribution in [0.15, 0.2) is 12.4 Å². The van der Waals surface area contributed by atoms with E-state index in [9.17, 15) is 9.18 Å². The predicted molar refractivity (Wildman–Crippen MR) is 65.4 cm³/mol. The molecule has 0 saturated carbocycles. The number of hydrogen-bond acceptors (Lipinski definition) is 5. The summed E-state index contributed by atoms with van der Waals surface area (Å²) in [6.07, 6.45) is 3.99. The van der Waals surface area contributed by atoms with Crippen molar-refractivity contribution in [2.45, 2.75) is 25.4 Å². The van der Waals surface area contributed by atoms with Crippen molar-refractivity contribution in [3.63, 3.8) is 0 Å². The summed E-state index contributed by atoms with van der Waals surface area (Å²) in [4.78, 5) is 20.2. The van der Waals surface area contributed by atoms with E-state index in [-0.39, 0.29) is 19.1 Å². The molecule has 0 unspecified atom stereocenters. The van der Waals surface area contributed by atoms with Crippen LogP contribution >= 0.6 is 0 Å². The average molecular weight is 269 g/mol. The third-order valence-electron chi connectivity index (χ3n) is 3.00. The minimum absolute atomic E-state index is 0.0291. The highest BCUT2D eigenvalue weighted by atomic mass is 19.1. The first-order valence-electron chi connectivity index (χ1n) is 6.21. The summed E-state index contributed by atoms with van der Waals surface area (Å²) in [5.74, 6) is -0.779. The topological polar surface area (TPSA) is 75.6 Å². The second-order valence-corrected chi connectivity index (χ2v) is 4.40. The van der Waals surface area contributed by atoms with E-state index in [0.717, 1.165) is 38.3 Å². The molecule has 0 atom stereocenters. The van der Waals surface area contributed by atoms with Crippen molar-refractivity contribution in [3.8, 4) is 0 Å². The quantitative estimate of drug-likeness (QED) is 0.862. The average Bonchev–Trinajstić information content (AvgIpc) is 2.40. The molecule has 1 aromatic heterocycles. The van der Waals surface area contributed by atoms with Crippen LogP contribution in [0.2, 0.25) is 0 Å². The number of anilines is 1. The van der Waals surface area contributed by atoms with E-state index in [4.69, 9.17) is 9.84 Å². The van der Waals surface area contributed by atoms with E-state index in [2.05, 4.69) is 9.97 Å². The van der Waals surface area contributed by atoms with Gasteiger partial charge in [0.15, 0.2) is 5.82 Å². The Labute approximate surface area is 110 Å². The molecule has 0 aromatic carbocycles. The number of carbonyl (C=O) groups is 1. The second-order valence-electron chi connectivity index (χ2n) is 4.40. The molecule has 0 aliphatic carbocycles. The molecule has 2 heterocycles. The van der Waals surface area contributed by atoms with Gasteiger partial charge in [0.05, 0.1) is 31.5 Å². The third-order valence-corrected chi connectivity index (χ3v) is 3.00. The SMILES string of the molecule is O=C(O)CCOC1CCN(c2ncc(F)cn2)CC1. The molecule has 0 radical (unpaired) electrons. The van der Waals surface area contributed by atoms with Gasteiger partial charge >= 0.3 is 5.97 Å². The first kappa shape index (κ1) is 13.7. The third kappa shape index (κ3) is 4.13. The van der Waals surface area contributed by atoms with E-state index in [1.807, 2.05) is 4.90 Å². The molecule has 1 aliphatic heterocycles. The summed E-state index contributed by atoms with van der Waals surface area (Å²) in [6.45, 7) is 1.69. The molecule has 0 amide bonds. The number of halogens is 1. The Kier molecular flexibility index (Phi) is 4.62. The minimum atomic E-state index is -0.850. The molecular formula is C12H16FN3O3. The van der Waals surface area contributed by atoms with Gasteiger partial charge in [0.1, 0.15) is 0 Å². The zero-order chi connectivity index (χ0) is 13.7. The van der Waals surface area contributed by atoms with Crippen molar-refractivity contribution in [1.82, 2.24) is 9.97 Å². The van der Waals surface area contributed by atoms with Crippen molar-refractivity contribution >= 4 is 11.9 Å². The minimum Gasteiger partial charge on any atom is -0.481 e. The maximum atomic E-state index is 12.7. The van der Waals surface area contributed by atoms with Crippen LogP contribution in [-0.2, 0) is 9.53 Å². The van der Waals surface area contributed by atoms with Gasteiger partial charge in [0.25, 0.3) is 0 Å². The van der Waals surface area contributed by atoms with Gasteiger partial charge in [0.2, 0.25) is 5.95 Å². The molecule has 0 spiro atoms. The van der Waals surface area contributed by atoms with Crippen molar-refractivity contribution < 1.29 is 19.0 Å². The van der Waals surface area contributed by atoms with Gasteiger partial charge in [-0.15, -0.1) is 0 Å². The van der Waals surface area contributed by atoms with Crippen LogP contribution in [0.3, 0.4) is 0 Å². The van der Waals surface area contributed by atoms with E-state index in [1.54, 1.807) is 0 Å². The molecule has 1 N–H and O–H groups in total. The lowest BCUT2D eigenvalue weighted by atomic mass is 10.1. The Bertz CT molecular complexity index is 419. The van der Waals surface area contributed by atoms with Crippen molar-refractivity contribution in [3.05, 3.63) is 18.2 Å². The fourth-order valence-corrected chi connectivity index (χ4v) is 2.00. The molecule has 1 aliphatic rings. The van der Waals surface area contributed by atoms with Crippen LogP contribution in [0.4, 0.5) is 10.3 Å². The number of aliphatic carboxylic acids is 1. The summed E-state index contributed by atoms with van der Waals surface area (Å²) >= 11 is 0. The van der Waals surface area contributed by atoms with Crippen molar-refractivity contribution in [1.29, 1.82) is 0 Å². The smallest absolute Gasteiger partial charge is 0.305 e. The number of ether oxygens (including phenoxy) is 1. The number of nitrogens with zero attached hydrogens (tertiary/aromatic N) is 3. The maximum absolute atomic E-state index is 12.7. The van der Waals surface area contributed by atoms with Crippen molar-refractivity contribution in [2.24, 2.45) is 0 Å². The van der Waals surface area contributed by atoms with Crippen LogP contribution in [0.1, 0.15) is 19.3 Å². The molecule has 1 aromatic rings. The molecule has 6 nitrogen and oxygen atoms in total. The van der Waals surface area contributed by atoms with Crippen LogP contribution in [0.5, 0.6) is 0 Å². The van der Waals surface area contributed by atoms with E-state index < -0.39 is 11.8 Å². The van der Waals surface area contributed by atoms with Gasteiger partial charge in [0, 0.05) is 13.1 Å². The lowest BCUT2D eigenvalue weighted by Gasteiger charge is -2.31. The summed E-state index contributed by atoms with van der Waals surface area (Å²) in [5.41, 5.74) is 0. The second kappa shape index (κ2) is 6.42. The number of piperidine rings is 1. The number of aromatic nitrogens is 2. The number of carboxylic acids is 1. The molecular weight excluding hydrogens is 253 g/mol. The van der Waals surface area contributed by atoms with Crippen LogP contribution in [0.25, 0.3) is 0 Å². The lowest BCUT2D eigenvalue weighted by Crippen LogP contribution is -2.38. The molecule has 0 bridgehead atoms. The summed E-state index contributed by atoms with van der Waals surface area (Å²) in [5, 5.41) is 8.52. The maximum Gasteiger partial charge on any atom is 0.305 e. The van der Waals surface area contributed by atoms with Gasteiger partial charge in [-0.2, -0.15) is 0 Å². The molecule has 2 rings (SSSR count). The van der Waals surface area contributed by atoms with Gasteiger partial charge in [-0.1, -0.05) is 0 Å². The van der Waals surface area contributed by atoms with E-state index >= 15 is 0 Å². The van der Waals surface area contributed by atoms with Gasteiger partial charge in [-0.25, -0.2) is 14.4 Å². The monoisotopic (exact) mass is 269 g/mol. The zero-order valence-corrected chi connectivity index (χ0v) is 10.5. The molecule has 19 heavy (non-hydrogen) atoms. The number of rotatable bonds is 5. The Morgan fingerprint density at radius 3 is 2.63 bits per heavy atom. The van der Waals surface area contributed by atoms with E-state index in [1.165, 1.54) is 0 Å². The largest absolute Gasteiger partial charge is 0.481 e. The first-order chi connectivity index (χ1) is 9.15. The number of carboxylic acid groups (broad SMARTS) is 1. The Morgan fingerprint density at radius 1 is 1.42 bits per heavy atom. The highest BCUT2D eigenvalue weighted by molar-refractivity contribution is 5.66. The van der Waals surface area contributed by atoms with Gasteiger partial charge in [-0.3, -0.25) is 4.79 Å². The van der Waals surface area contributed by atoms with Gasteiger partial charge in [-0.05, 0) is 12.8 Å². The summed E-state index contributed by atoms with van der Waals surface area (Å²) in [7, 11) is 0. The van der Waals surface area contributed by atoms with Crippen LogP contribution in [0, 0.1) is 5.82 Å². The predicted octanol–water partition coefficient (Wildman–Crippen LogP) is 1.08. The van der Waals surface area contributed by atoms with E-state index in [0.29, 0.717) is 5.95 Å². The molecule has 104 valence electrons. The highest BCUT2D eigenvalue weighted by Gasteiger charge is 2.21. The Balaban J connectivity index is 1.76. The number of hydrogen-bond donors (Lipinski definition) is 1. The normalized spacial score (nSPS) is 16.6. The fourth-order valence-electron chi connectivity index (χ4n) is 2.00. The van der Waals surface area contributed by atoms with Gasteiger partial charge < -0.3 is 14.7 Å². The van der Waals surface area contributed by atoms with Crippen LogP contribution in [-0.4, -0.2) is 46.8 Å². The molecule has 1 fully saturated rings. The van der Waals surface area contributed by atoms with Crippen LogP contribution < -0.4 is 4.90 Å². The first-order valence-corrected chi connectivity index (χ1v) is 6.21. The molecule has 7 heteroatoms. The zero-order valence-electron chi connectivity index (χ0n) is 10.5. The summed E-state index contributed by atoms with van der Waals surface area (Å²) in [6, 6.07) is 0. The Hall–Kier alpha value is -1.76. The molecule has 1 saturated heterocycles. The Morgan fingerprint density at radius 2 is 2.05 bits per heavy atom. The fraction of sp³-hybridized carbons (Fsp3) is 0.583.